The summed E-state index contributed by atoms with van der Waals surface area (Å²) in [5.41, 5.74) is 3.35. The standard InChI is InChI=1S/C12H21ClN2/c1-10(7-13)8-15-6-5-14-9-12(15,2)11-3-4-11/h7,11,14H,3-6,8-9H2,1-2H3. The van der Waals surface area contributed by atoms with Gasteiger partial charge in [0.1, 0.15) is 0 Å². The van der Waals surface area contributed by atoms with Crippen LogP contribution in [-0.4, -0.2) is 36.6 Å². The quantitative estimate of drug-likeness (QED) is 0.797. The number of halogens is 1. The van der Waals surface area contributed by atoms with Gasteiger partial charge < -0.3 is 5.32 Å². The zero-order valence-electron chi connectivity index (χ0n) is 9.72. The Hall–Kier alpha value is -0.0500. The molecular weight excluding hydrogens is 208 g/mol. The van der Waals surface area contributed by atoms with Crippen LogP contribution in [0.3, 0.4) is 0 Å². The Morgan fingerprint density at radius 3 is 2.93 bits per heavy atom. The average molecular weight is 229 g/mol. The van der Waals surface area contributed by atoms with Gasteiger partial charge in [-0.2, -0.15) is 0 Å². The zero-order chi connectivity index (χ0) is 10.9. The molecule has 0 aromatic rings. The first-order valence-electron chi connectivity index (χ1n) is 5.88. The minimum Gasteiger partial charge on any atom is -0.314 e. The lowest BCUT2D eigenvalue weighted by Crippen LogP contribution is -2.61. The van der Waals surface area contributed by atoms with Crippen LogP contribution in [0.4, 0.5) is 0 Å². The molecule has 2 nitrogen and oxygen atoms in total. The summed E-state index contributed by atoms with van der Waals surface area (Å²) < 4.78 is 0. The summed E-state index contributed by atoms with van der Waals surface area (Å²) in [5.74, 6) is 0.897. The maximum atomic E-state index is 5.76. The van der Waals surface area contributed by atoms with E-state index in [1.807, 2.05) is 0 Å². The molecule has 1 aliphatic carbocycles. The lowest BCUT2D eigenvalue weighted by Gasteiger charge is -2.46. The SMILES string of the molecule is CC(=CCl)CN1CCNCC1(C)C1CC1. The molecule has 1 unspecified atom stereocenters. The Morgan fingerprint density at radius 1 is 1.60 bits per heavy atom. The molecule has 0 spiro atoms. The highest BCUT2D eigenvalue weighted by Gasteiger charge is 2.46. The van der Waals surface area contributed by atoms with Gasteiger partial charge in [0.05, 0.1) is 0 Å². The Balaban J connectivity index is 2.05. The second-order valence-corrected chi connectivity index (χ2v) is 5.40. The molecule has 0 aromatic carbocycles. The highest BCUT2D eigenvalue weighted by molar-refractivity contribution is 6.25. The number of piperazine rings is 1. The summed E-state index contributed by atoms with van der Waals surface area (Å²) >= 11 is 5.76. The van der Waals surface area contributed by atoms with E-state index in [1.54, 1.807) is 5.54 Å². The van der Waals surface area contributed by atoms with Gasteiger partial charge in [0, 0.05) is 37.3 Å². The van der Waals surface area contributed by atoms with Gasteiger partial charge in [0.2, 0.25) is 0 Å². The van der Waals surface area contributed by atoms with Crippen LogP contribution >= 0.6 is 11.6 Å². The smallest absolute Gasteiger partial charge is 0.0337 e. The van der Waals surface area contributed by atoms with Gasteiger partial charge in [0.25, 0.3) is 0 Å². The van der Waals surface area contributed by atoms with Crippen molar-refractivity contribution in [3.05, 3.63) is 11.1 Å². The molecule has 86 valence electrons. The molecule has 3 heteroatoms. The van der Waals surface area contributed by atoms with Crippen LogP contribution in [0.5, 0.6) is 0 Å². The third kappa shape index (κ3) is 2.38. The third-order valence-corrected chi connectivity index (χ3v) is 4.22. The third-order valence-electron chi connectivity index (χ3n) is 3.85. The second kappa shape index (κ2) is 4.44. The second-order valence-electron chi connectivity index (χ2n) is 5.19. The van der Waals surface area contributed by atoms with Crippen molar-refractivity contribution >= 4 is 11.6 Å². The van der Waals surface area contributed by atoms with E-state index in [-0.39, 0.29) is 0 Å². The Labute approximate surface area is 97.7 Å². The van der Waals surface area contributed by atoms with Crippen molar-refractivity contribution < 1.29 is 0 Å². The van der Waals surface area contributed by atoms with Gasteiger partial charge in [-0.25, -0.2) is 0 Å². The fourth-order valence-corrected chi connectivity index (χ4v) is 2.69. The van der Waals surface area contributed by atoms with Crippen molar-refractivity contribution in [1.29, 1.82) is 0 Å². The van der Waals surface area contributed by atoms with Gasteiger partial charge in [-0.15, -0.1) is 0 Å². The number of hydrogen-bond acceptors (Lipinski definition) is 2. The van der Waals surface area contributed by atoms with E-state index in [0.717, 1.165) is 32.1 Å². The van der Waals surface area contributed by atoms with Crippen LogP contribution in [-0.2, 0) is 0 Å². The first-order chi connectivity index (χ1) is 7.16. The molecule has 1 heterocycles. The van der Waals surface area contributed by atoms with Gasteiger partial charge in [-0.1, -0.05) is 11.6 Å². The van der Waals surface area contributed by atoms with E-state index in [4.69, 9.17) is 11.6 Å². The molecule has 15 heavy (non-hydrogen) atoms. The highest BCUT2D eigenvalue weighted by Crippen LogP contribution is 2.43. The lowest BCUT2D eigenvalue weighted by atomic mass is 9.91. The normalized spacial score (nSPS) is 34.5. The number of hydrogen-bond donors (Lipinski definition) is 1. The summed E-state index contributed by atoms with van der Waals surface area (Å²) in [6.45, 7) is 8.93. The molecule has 1 N–H and O–H groups in total. The van der Waals surface area contributed by atoms with Crippen LogP contribution in [0.2, 0.25) is 0 Å². The highest BCUT2D eigenvalue weighted by atomic mass is 35.5. The van der Waals surface area contributed by atoms with E-state index in [2.05, 4.69) is 24.1 Å². The monoisotopic (exact) mass is 228 g/mol. The number of nitrogens with one attached hydrogen (secondary N) is 1. The zero-order valence-corrected chi connectivity index (χ0v) is 10.5. The summed E-state index contributed by atoms with van der Waals surface area (Å²) in [7, 11) is 0. The minimum absolute atomic E-state index is 0.361. The maximum Gasteiger partial charge on any atom is 0.0337 e. The molecular formula is C12H21ClN2. The van der Waals surface area contributed by atoms with E-state index >= 15 is 0 Å². The van der Waals surface area contributed by atoms with E-state index in [9.17, 15) is 0 Å². The average Bonchev–Trinajstić information content (AvgIpc) is 3.05. The topological polar surface area (TPSA) is 15.3 Å². The largest absolute Gasteiger partial charge is 0.314 e. The van der Waals surface area contributed by atoms with Crippen LogP contribution < -0.4 is 5.32 Å². The van der Waals surface area contributed by atoms with Gasteiger partial charge >= 0.3 is 0 Å². The van der Waals surface area contributed by atoms with Crippen molar-refractivity contribution in [2.45, 2.75) is 32.2 Å². The van der Waals surface area contributed by atoms with E-state index < -0.39 is 0 Å². The molecule has 1 saturated carbocycles. The summed E-state index contributed by atoms with van der Waals surface area (Å²) in [6.07, 6.45) is 2.80. The van der Waals surface area contributed by atoms with Crippen molar-refractivity contribution in [3.63, 3.8) is 0 Å². The molecule has 2 aliphatic rings. The first-order valence-corrected chi connectivity index (χ1v) is 6.32. The van der Waals surface area contributed by atoms with Gasteiger partial charge in [-0.3, -0.25) is 4.90 Å². The van der Waals surface area contributed by atoms with Crippen LogP contribution in [0.15, 0.2) is 11.1 Å². The minimum atomic E-state index is 0.361. The van der Waals surface area contributed by atoms with Crippen molar-refractivity contribution in [1.82, 2.24) is 10.2 Å². The molecule has 2 rings (SSSR count). The predicted molar refractivity (Wildman–Crippen MR) is 65.2 cm³/mol. The number of nitrogens with zero attached hydrogens (tertiary/aromatic N) is 1. The Kier molecular flexibility index (Phi) is 3.39. The van der Waals surface area contributed by atoms with Crippen LogP contribution in [0.25, 0.3) is 0 Å². The molecule has 1 aliphatic heterocycles. The Bertz CT molecular complexity index is 260. The van der Waals surface area contributed by atoms with Crippen LogP contribution in [0.1, 0.15) is 26.7 Å². The first kappa shape index (κ1) is 11.4. The summed E-state index contributed by atoms with van der Waals surface area (Å²) in [5, 5.41) is 3.52. The molecule has 0 aromatic heterocycles. The van der Waals surface area contributed by atoms with Crippen molar-refractivity contribution in [2.24, 2.45) is 5.92 Å². The fourth-order valence-electron chi connectivity index (χ4n) is 2.63. The van der Waals surface area contributed by atoms with Gasteiger partial charge in [0.15, 0.2) is 0 Å². The van der Waals surface area contributed by atoms with E-state index in [0.29, 0.717) is 5.54 Å². The number of rotatable bonds is 3. The predicted octanol–water partition coefficient (Wildman–Crippen LogP) is 2.20. The summed E-state index contributed by atoms with van der Waals surface area (Å²) in [6, 6.07) is 0. The molecule has 1 saturated heterocycles. The lowest BCUT2D eigenvalue weighted by molar-refractivity contribution is 0.0654. The summed E-state index contributed by atoms with van der Waals surface area (Å²) in [4.78, 5) is 2.61. The molecule has 0 amide bonds. The molecule has 1 atom stereocenters. The molecule has 0 bridgehead atoms. The van der Waals surface area contributed by atoms with Gasteiger partial charge in [-0.05, 0) is 38.2 Å². The van der Waals surface area contributed by atoms with E-state index in [1.165, 1.54) is 18.4 Å². The van der Waals surface area contributed by atoms with Crippen LogP contribution in [0, 0.1) is 5.92 Å². The maximum absolute atomic E-state index is 5.76. The van der Waals surface area contributed by atoms with Crippen molar-refractivity contribution in [3.8, 4) is 0 Å². The van der Waals surface area contributed by atoms with Crippen molar-refractivity contribution in [2.75, 3.05) is 26.2 Å². The molecule has 0 radical (unpaired) electrons. The molecule has 2 fully saturated rings. The Morgan fingerprint density at radius 2 is 2.33 bits per heavy atom. The fraction of sp³-hybridized carbons (Fsp3) is 0.833.